The van der Waals surface area contributed by atoms with E-state index in [4.69, 9.17) is 14.6 Å². The molecule has 264 valence electrons. The van der Waals surface area contributed by atoms with Gasteiger partial charge in [-0.05, 0) is 89.6 Å². The highest BCUT2D eigenvalue weighted by Crippen LogP contribution is 2.34. The number of carbonyl (C=O) groups is 1. The molecule has 3 heterocycles. The number of aromatic nitrogens is 3. The van der Waals surface area contributed by atoms with Crippen molar-refractivity contribution in [1.29, 1.82) is 0 Å². The molecule has 49 heavy (non-hydrogen) atoms. The van der Waals surface area contributed by atoms with Gasteiger partial charge in [-0.3, -0.25) is 0 Å². The highest BCUT2D eigenvalue weighted by molar-refractivity contribution is 7.85. The lowest BCUT2D eigenvalue weighted by Crippen LogP contribution is -2.31. The van der Waals surface area contributed by atoms with Gasteiger partial charge >= 0.3 is 6.09 Å². The SMILES string of the molecule is CCCCCCCOc1ccc2c3cc[n+]4nc(CC)c(CC)cc4c3n(C(=O)OC(C)(C)C)c2c1.Cc1cc(C)c(S(=O)(=O)[O-])c(C)c1. The molecule has 5 aromatic rings. The standard InChI is InChI=1S/C30H40N3O3.C9H12O3S/c1-7-10-11-12-13-18-35-22-14-15-23-24-16-17-32-27(19-21(8-2)25(9-3)31-32)28(24)33(26(23)20-22)29(34)36-30(4,5)6;1-6-4-7(2)9(8(3)5-6)13(10,11)12/h14-17,19-20H,7-13,18H2,1-6H3;4-5H,1-3H3,(H,10,11,12)/q+1;/p-1. The van der Waals surface area contributed by atoms with E-state index in [1.807, 2.05) is 56.6 Å². The van der Waals surface area contributed by atoms with Gasteiger partial charge in [0.2, 0.25) is 6.20 Å². The van der Waals surface area contributed by atoms with Crippen molar-refractivity contribution in [1.82, 2.24) is 9.67 Å². The van der Waals surface area contributed by atoms with Crippen LogP contribution in [0.15, 0.2) is 53.6 Å². The van der Waals surface area contributed by atoms with Crippen LogP contribution in [-0.4, -0.2) is 40.9 Å². The van der Waals surface area contributed by atoms with Gasteiger partial charge in [0.15, 0.2) is 0 Å². The molecule has 0 aliphatic carbocycles. The summed E-state index contributed by atoms with van der Waals surface area (Å²) in [5.74, 6) is 0.767. The van der Waals surface area contributed by atoms with Crippen molar-refractivity contribution < 1.29 is 31.8 Å². The summed E-state index contributed by atoms with van der Waals surface area (Å²) in [6.07, 6.45) is 9.26. The fourth-order valence-electron chi connectivity index (χ4n) is 6.36. The highest BCUT2D eigenvalue weighted by Gasteiger charge is 2.27. The summed E-state index contributed by atoms with van der Waals surface area (Å²) in [5, 5.41) is 6.86. The number of nitrogens with zero attached hydrogens (tertiary/aromatic N) is 3. The number of aryl methyl sites for hydroxylation is 5. The summed E-state index contributed by atoms with van der Waals surface area (Å²) < 4.78 is 48.0. The first-order valence-corrected chi connectivity index (χ1v) is 18.7. The lowest BCUT2D eigenvalue weighted by Gasteiger charge is -2.20. The van der Waals surface area contributed by atoms with Gasteiger partial charge < -0.3 is 14.0 Å². The van der Waals surface area contributed by atoms with Gasteiger partial charge in [-0.1, -0.05) is 68.7 Å². The Morgan fingerprint density at radius 1 is 0.898 bits per heavy atom. The zero-order valence-electron chi connectivity index (χ0n) is 30.5. The van der Waals surface area contributed by atoms with Crippen LogP contribution in [-0.2, 0) is 27.7 Å². The third-order valence-electron chi connectivity index (χ3n) is 8.42. The number of carbonyl (C=O) groups excluding carboxylic acids is 1. The van der Waals surface area contributed by atoms with E-state index in [-0.39, 0.29) is 4.90 Å². The van der Waals surface area contributed by atoms with Crippen molar-refractivity contribution in [2.24, 2.45) is 0 Å². The van der Waals surface area contributed by atoms with Gasteiger partial charge in [-0.2, -0.15) is 0 Å². The van der Waals surface area contributed by atoms with Crippen molar-refractivity contribution in [3.05, 3.63) is 76.6 Å². The maximum absolute atomic E-state index is 13.6. The Labute approximate surface area is 291 Å². The summed E-state index contributed by atoms with van der Waals surface area (Å²) in [5.41, 5.74) is 6.13. The Bertz CT molecular complexity index is 2050. The fourth-order valence-corrected chi connectivity index (χ4v) is 7.27. The molecular formula is C39H51N3O6S. The van der Waals surface area contributed by atoms with Crippen molar-refractivity contribution in [3.63, 3.8) is 0 Å². The molecule has 0 aliphatic rings. The summed E-state index contributed by atoms with van der Waals surface area (Å²) in [6, 6.07) is 13.6. The van der Waals surface area contributed by atoms with Crippen molar-refractivity contribution in [2.45, 2.75) is 118 Å². The molecule has 0 N–H and O–H groups in total. The number of hydrogen-bond donors (Lipinski definition) is 0. The fraction of sp³-hybridized carbons (Fsp3) is 0.462. The maximum Gasteiger partial charge on any atom is 0.419 e. The van der Waals surface area contributed by atoms with Crippen LogP contribution in [0.5, 0.6) is 5.75 Å². The minimum absolute atomic E-state index is 0.0851. The monoisotopic (exact) mass is 689 g/mol. The van der Waals surface area contributed by atoms with Crippen LogP contribution in [0, 0.1) is 20.8 Å². The van der Waals surface area contributed by atoms with Gasteiger partial charge in [0.25, 0.3) is 5.52 Å². The predicted molar refractivity (Wildman–Crippen MR) is 194 cm³/mol. The highest BCUT2D eigenvalue weighted by atomic mass is 32.2. The van der Waals surface area contributed by atoms with E-state index in [9.17, 15) is 17.8 Å². The number of benzene rings is 2. The topological polar surface area (TPSA) is 115 Å². The van der Waals surface area contributed by atoms with Crippen LogP contribution >= 0.6 is 0 Å². The van der Waals surface area contributed by atoms with E-state index in [0.717, 1.165) is 63.6 Å². The van der Waals surface area contributed by atoms with Gasteiger partial charge in [0, 0.05) is 34.1 Å². The number of rotatable bonds is 10. The first-order valence-electron chi connectivity index (χ1n) is 17.3. The molecule has 0 unspecified atom stereocenters. The van der Waals surface area contributed by atoms with Crippen LogP contribution in [0.25, 0.3) is 27.3 Å². The summed E-state index contributed by atoms with van der Waals surface area (Å²) >= 11 is 0. The lowest BCUT2D eigenvalue weighted by atomic mass is 10.1. The van der Waals surface area contributed by atoms with Crippen LogP contribution in [0.2, 0.25) is 0 Å². The molecule has 0 atom stereocenters. The Kier molecular flexibility index (Phi) is 12.1. The summed E-state index contributed by atoms with van der Waals surface area (Å²) in [6.45, 7) is 18.0. The summed E-state index contributed by atoms with van der Waals surface area (Å²) in [7, 11) is -4.33. The van der Waals surface area contributed by atoms with Gasteiger partial charge in [-0.25, -0.2) is 17.8 Å². The quantitative estimate of drug-likeness (QED) is 0.0819. The molecule has 0 aliphatic heterocycles. The molecule has 10 heteroatoms. The number of hydrogen-bond acceptors (Lipinski definition) is 7. The van der Waals surface area contributed by atoms with E-state index < -0.39 is 21.8 Å². The van der Waals surface area contributed by atoms with E-state index in [1.165, 1.54) is 31.2 Å². The second-order valence-corrected chi connectivity index (χ2v) is 15.0. The number of ether oxygens (including phenoxy) is 2. The second kappa shape index (κ2) is 15.7. The predicted octanol–water partition coefficient (Wildman–Crippen LogP) is 8.70. The Morgan fingerprint density at radius 2 is 1.57 bits per heavy atom. The third-order valence-corrected chi connectivity index (χ3v) is 9.57. The van der Waals surface area contributed by atoms with Gasteiger partial charge in [-0.15, -0.1) is 0 Å². The summed E-state index contributed by atoms with van der Waals surface area (Å²) in [4.78, 5) is 13.5. The molecule has 0 bridgehead atoms. The van der Waals surface area contributed by atoms with E-state index in [0.29, 0.717) is 17.7 Å². The number of pyridine rings is 1. The van der Waals surface area contributed by atoms with Crippen molar-refractivity contribution in [3.8, 4) is 5.75 Å². The van der Waals surface area contributed by atoms with E-state index >= 15 is 0 Å². The average molecular weight is 690 g/mol. The number of unbranched alkanes of at least 4 members (excludes halogenated alkanes) is 4. The molecule has 0 amide bonds. The second-order valence-electron chi connectivity index (χ2n) is 13.7. The minimum atomic E-state index is -4.33. The molecule has 5 rings (SSSR count). The van der Waals surface area contributed by atoms with Crippen LogP contribution < -0.4 is 9.25 Å². The molecule has 0 radical (unpaired) electrons. The third kappa shape index (κ3) is 8.97. The zero-order chi connectivity index (χ0) is 36.1. The Balaban J connectivity index is 0.000000350. The normalized spacial score (nSPS) is 12.0. The smallest absolute Gasteiger partial charge is 0.419 e. The molecule has 9 nitrogen and oxygen atoms in total. The Hall–Kier alpha value is -4.02. The Morgan fingerprint density at radius 3 is 2.16 bits per heavy atom. The zero-order valence-corrected chi connectivity index (χ0v) is 31.3. The average Bonchev–Trinajstić information content (AvgIpc) is 3.34. The van der Waals surface area contributed by atoms with Crippen molar-refractivity contribution in [2.75, 3.05) is 6.61 Å². The molecule has 0 saturated carbocycles. The molecule has 0 fully saturated rings. The van der Waals surface area contributed by atoms with Crippen LogP contribution in [0.1, 0.15) is 102 Å². The maximum atomic E-state index is 13.6. The first-order chi connectivity index (χ1) is 23.1. The molecule has 0 spiro atoms. The van der Waals surface area contributed by atoms with Crippen LogP contribution in [0.3, 0.4) is 0 Å². The minimum Gasteiger partial charge on any atom is -0.744 e. The number of fused-ring (bicyclic) bond motifs is 5. The van der Waals surface area contributed by atoms with E-state index in [2.05, 4.69) is 32.9 Å². The molecule has 3 aromatic heterocycles. The molecule has 2 aromatic carbocycles. The van der Waals surface area contributed by atoms with E-state index in [1.54, 1.807) is 30.5 Å². The first kappa shape index (κ1) is 37.8. The largest absolute Gasteiger partial charge is 0.744 e. The van der Waals surface area contributed by atoms with Gasteiger partial charge in [0.1, 0.15) is 32.7 Å². The van der Waals surface area contributed by atoms with Crippen molar-refractivity contribution >= 4 is 43.5 Å². The van der Waals surface area contributed by atoms with Gasteiger partial charge in [0.05, 0.1) is 17.0 Å². The molecular weight excluding hydrogens is 639 g/mol. The van der Waals surface area contributed by atoms with Crippen LogP contribution in [0.4, 0.5) is 4.79 Å². The lowest BCUT2D eigenvalue weighted by molar-refractivity contribution is -0.580. The molecule has 0 saturated heterocycles.